The first-order chi connectivity index (χ1) is 15.7. The van der Waals surface area contributed by atoms with Crippen molar-refractivity contribution in [3.8, 4) is 0 Å². The number of carbonyl (C=O) groups is 2. The SMILES string of the molecule is Cc1ccc(CNC(=O)C2CCN(C(=O)CCNS(=O)(=O)c3ccc(F)cc3)CC2)cc1F. The summed E-state index contributed by atoms with van der Waals surface area (Å²) in [5.41, 5.74) is 1.23. The highest BCUT2D eigenvalue weighted by Crippen LogP contribution is 2.19. The molecule has 0 radical (unpaired) electrons. The molecular formula is C23H27F2N3O4S. The van der Waals surface area contributed by atoms with Crippen molar-refractivity contribution in [2.24, 2.45) is 5.92 Å². The van der Waals surface area contributed by atoms with Crippen LogP contribution < -0.4 is 10.0 Å². The number of rotatable bonds is 8. The van der Waals surface area contributed by atoms with Gasteiger partial charge >= 0.3 is 0 Å². The molecule has 33 heavy (non-hydrogen) atoms. The molecule has 3 rings (SSSR count). The Kier molecular flexibility index (Phi) is 8.15. The Morgan fingerprint density at radius 2 is 1.73 bits per heavy atom. The van der Waals surface area contributed by atoms with Crippen LogP contribution >= 0.6 is 0 Å². The number of likely N-dealkylation sites (tertiary alicyclic amines) is 1. The Morgan fingerprint density at radius 3 is 2.36 bits per heavy atom. The Labute approximate surface area is 192 Å². The fraction of sp³-hybridized carbons (Fsp3) is 0.391. The van der Waals surface area contributed by atoms with Crippen molar-refractivity contribution in [1.82, 2.24) is 14.9 Å². The standard InChI is InChI=1S/C23H27F2N3O4S/c1-16-2-3-17(14-21(16)25)15-26-23(30)18-9-12-28(13-10-18)22(29)8-11-27-33(31,32)20-6-4-19(24)5-7-20/h2-7,14,18,27H,8-13,15H2,1H3,(H,26,30). The molecule has 0 bridgehead atoms. The first-order valence-corrected chi connectivity index (χ1v) is 12.2. The summed E-state index contributed by atoms with van der Waals surface area (Å²) in [4.78, 5) is 26.4. The van der Waals surface area contributed by atoms with Gasteiger partial charge in [0.05, 0.1) is 4.90 Å². The zero-order chi connectivity index (χ0) is 24.0. The van der Waals surface area contributed by atoms with Gasteiger partial charge in [-0.1, -0.05) is 12.1 Å². The van der Waals surface area contributed by atoms with Gasteiger partial charge in [-0.05, 0) is 61.2 Å². The van der Waals surface area contributed by atoms with Gasteiger partial charge in [-0.2, -0.15) is 0 Å². The third-order valence-electron chi connectivity index (χ3n) is 5.68. The van der Waals surface area contributed by atoms with Gasteiger partial charge in [-0.3, -0.25) is 9.59 Å². The summed E-state index contributed by atoms with van der Waals surface area (Å²) in [6.07, 6.45) is 0.985. The van der Waals surface area contributed by atoms with Gasteiger partial charge in [0.2, 0.25) is 21.8 Å². The number of nitrogens with one attached hydrogen (secondary N) is 2. The fourth-order valence-electron chi connectivity index (χ4n) is 3.62. The minimum Gasteiger partial charge on any atom is -0.352 e. The smallest absolute Gasteiger partial charge is 0.240 e. The number of piperidine rings is 1. The molecule has 2 aromatic rings. The third kappa shape index (κ3) is 6.82. The summed E-state index contributed by atoms with van der Waals surface area (Å²) in [5, 5.41) is 2.82. The van der Waals surface area contributed by atoms with Crippen LogP contribution in [0.25, 0.3) is 0 Å². The average molecular weight is 480 g/mol. The van der Waals surface area contributed by atoms with E-state index in [1.54, 1.807) is 24.0 Å². The van der Waals surface area contributed by atoms with Crippen LogP contribution in [0.5, 0.6) is 0 Å². The predicted molar refractivity (Wildman–Crippen MR) is 118 cm³/mol. The van der Waals surface area contributed by atoms with E-state index in [4.69, 9.17) is 0 Å². The van der Waals surface area contributed by atoms with E-state index >= 15 is 0 Å². The molecule has 0 unspecified atom stereocenters. The van der Waals surface area contributed by atoms with E-state index < -0.39 is 15.8 Å². The second-order valence-corrected chi connectivity index (χ2v) is 9.83. The highest BCUT2D eigenvalue weighted by molar-refractivity contribution is 7.89. The van der Waals surface area contributed by atoms with Crippen molar-refractivity contribution in [3.05, 3.63) is 65.2 Å². The van der Waals surface area contributed by atoms with E-state index in [2.05, 4.69) is 10.0 Å². The van der Waals surface area contributed by atoms with E-state index in [0.29, 0.717) is 37.1 Å². The van der Waals surface area contributed by atoms with Crippen molar-refractivity contribution >= 4 is 21.8 Å². The van der Waals surface area contributed by atoms with Gasteiger partial charge in [0.15, 0.2) is 0 Å². The quantitative estimate of drug-likeness (QED) is 0.608. The molecule has 10 heteroatoms. The molecule has 7 nitrogen and oxygen atoms in total. The molecule has 0 aliphatic carbocycles. The Balaban J connectivity index is 1.39. The molecule has 1 fully saturated rings. The molecule has 0 saturated carbocycles. The number of nitrogens with zero attached hydrogens (tertiary/aromatic N) is 1. The number of carbonyl (C=O) groups excluding carboxylic acids is 2. The number of hydrogen-bond donors (Lipinski definition) is 2. The Bertz CT molecular complexity index is 1100. The maximum absolute atomic E-state index is 13.6. The van der Waals surface area contributed by atoms with Gasteiger partial charge in [-0.15, -0.1) is 0 Å². The van der Waals surface area contributed by atoms with E-state index in [-0.39, 0.29) is 48.0 Å². The van der Waals surface area contributed by atoms with Crippen LogP contribution in [-0.2, 0) is 26.2 Å². The Morgan fingerprint density at radius 1 is 1.06 bits per heavy atom. The van der Waals surface area contributed by atoms with Gasteiger partial charge in [-0.25, -0.2) is 21.9 Å². The zero-order valence-electron chi connectivity index (χ0n) is 18.3. The van der Waals surface area contributed by atoms with Gasteiger partial charge in [0, 0.05) is 38.5 Å². The lowest BCUT2D eigenvalue weighted by atomic mass is 9.95. The lowest BCUT2D eigenvalue weighted by Gasteiger charge is -2.31. The molecular weight excluding hydrogens is 452 g/mol. The highest BCUT2D eigenvalue weighted by Gasteiger charge is 2.27. The summed E-state index contributed by atoms with van der Waals surface area (Å²) in [7, 11) is -3.82. The van der Waals surface area contributed by atoms with Crippen LogP contribution in [-0.4, -0.2) is 44.8 Å². The topological polar surface area (TPSA) is 95.6 Å². The molecule has 2 N–H and O–H groups in total. The van der Waals surface area contributed by atoms with Crippen molar-refractivity contribution in [2.45, 2.75) is 37.6 Å². The number of aryl methyl sites for hydroxylation is 1. The van der Waals surface area contributed by atoms with Crippen LogP contribution in [0.4, 0.5) is 8.78 Å². The van der Waals surface area contributed by atoms with Crippen LogP contribution in [0.2, 0.25) is 0 Å². The molecule has 1 heterocycles. The maximum atomic E-state index is 13.6. The van der Waals surface area contributed by atoms with Gasteiger partial charge in [0.1, 0.15) is 11.6 Å². The van der Waals surface area contributed by atoms with Crippen molar-refractivity contribution in [3.63, 3.8) is 0 Å². The number of amides is 2. The molecule has 1 aliphatic heterocycles. The van der Waals surface area contributed by atoms with Crippen LogP contribution in [0, 0.1) is 24.5 Å². The van der Waals surface area contributed by atoms with E-state index in [1.807, 2.05) is 0 Å². The molecule has 2 aromatic carbocycles. The van der Waals surface area contributed by atoms with Crippen LogP contribution in [0.1, 0.15) is 30.4 Å². The largest absolute Gasteiger partial charge is 0.352 e. The third-order valence-corrected chi connectivity index (χ3v) is 7.15. The summed E-state index contributed by atoms with van der Waals surface area (Å²) >= 11 is 0. The minimum absolute atomic E-state index is 0.0176. The summed E-state index contributed by atoms with van der Waals surface area (Å²) in [5.74, 6) is -1.42. The minimum atomic E-state index is -3.82. The number of sulfonamides is 1. The Hall–Kier alpha value is -2.85. The van der Waals surface area contributed by atoms with Crippen molar-refractivity contribution < 1.29 is 26.8 Å². The molecule has 0 atom stereocenters. The fourth-order valence-corrected chi connectivity index (χ4v) is 4.65. The molecule has 1 aliphatic rings. The van der Waals surface area contributed by atoms with Crippen LogP contribution in [0.15, 0.2) is 47.4 Å². The van der Waals surface area contributed by atoms with E-state index in [9.17, 15) is 26.8 Å². The molecule has 0 spiro atoms. The summed E-state index contributed by atoms with van der Waals surface area (Å²) in [6.45, 7) is 2.64. The lowest BCUT2D eigenvalue weighted by Crippen LogP contribution is -2.43. The van der Waals surface area contributed by atoms with E-state index in [1.165, 1.54) is 6.07 Å². The van der Waals surface area contributed by atoms with E-state index in [0.717, 1.165) is 24.3 Å². The second-order valence-electron chi connectivity index (χ2n) is 8.06. The van der Waals surface area contributed by atoms with Gasteiger partial charge in [0.25, 0.3) is 0 Å². The molecule has 1 saturated heterocycles. The van der Waals surface area contributed by atoms with Crippen LogP contribution in [0.3, 0.4) is 0 Å². The van der Waals surface area contributed by atoms with Gasteiger partial charge < -0.3 is 10.2 Å². The normalized spacial score (nSPS) is 14.8. The highest BCUT2D eigenvalue weighted by atomic mass is 32.2. The first-order valence-electron chi connectivity index (χ1n) is 10.7. The monoisotopic (exact) mass is 479 g/mol. The lowest BCUT2D eigenvalue weighted by molar-refractivity contribution is -0.135. The number of benzene rings is 2. The molecule has 2 amide bonds. The second kappa shape index (κ2) is 10.8. The first kappa shape index (κ1) is 24.8. The molecule has 178 valence electrons. The number of hydrogen-bond acceptors (Lipinski definition) is 4. The predicted octanol–water partition coefficient (Wildman–Crippen LogP) is 2.50. The zero-order valence-corrected chi connectivity index (χ0v) is 19.1. The average Bonchev–Trinajstić information content (AvgIpc) is 2.80. The molecule has 0 aromatic heterocycles. The van der Waals surface area contributed by atoms with Crippen molar-refractivity contribution in [2.75, 3.05) is 19.6 Å². The van der Waals surface area contributed by atoms with Crippen molar-refractivity contribution in [1.29, 1.82) is 0 Å². The summed E-state index contributed by atoms with van der Waals surface area (Å²) < 4.78 is 53.3. The number of halogens is 2. The maximum Gasteiger partial charge on any atom is 0.240 e. The summed E-state index contributed by atoms with van der Waals surface area (Å²) in [6, 6.07) is 9.26.